The number of halogens is 3. The molecule has 0 amide bonds. The fourth-order valence-electron chi connectivity index (χ4n) is 3.35. The van der Waals surface area contributed by atoms with Gasteiger partial charge in [0.2, 0.25) is 0 Å². The Kier molecular flexibility index (Phi) is 2.49. The minimum atomic E-state index is -4.23. The normalized spacial score (nSPS) is 30.3. The maximum Gasteiger partial charge on any atom is 0.416 e. The van der Waals surface area contributed by atoms with Gasteiger partial charge in [-0.25, -0.2) is 0 Å². The maximum absolute atomic E-state index is 12.6. The van der Waals surface area contributed by atoms with Gasteiger partial charge in [0.05, 0.1) is 5.56 Å². The van der Waals surface area contributed by atoms with Gasteiger partial charge in [0.1, 0.15) is 0 Å². The summed E-state index contributed by atoms with van der Waals surface area (Å²) in [6.45, 7) is 0.704. The second-order valence-electron chi connectivity index (χ2n) is 5.66. The molecule has 0 bridgehead atoms. The van der Waals surface area contributed by atoms with Crippen molar-refractivity contribution < 1.29 is 13.2 Å². The van der Waals surface area contributed by atoms with Crippen LogP contribution in [0.25, 0.3) is 0 Å². The molecule has 98 valence electrons. The lowest BCUT2D eigenvalue weighted by molar-refractivity contribution is -0.137. The predicted molar refractivity (Wildman–Crippen MR) is 63.1 cm³/mol. The van der Waals surface area contributed by atoms with Crippen molar-refractivity contribution in [3.63, 3.8) is 0 Å². The minimum absolute atomic E-state index is 0.307. The van der Waals surface area contributed by atoms with E-state index in [1.165, 1.54) is 12.1 Å². The smallest absolute Gasteiger partial charge is 0.330 e. The van der Waals surface area contributed by atoms with Gasteiger partial charge in [-0.15, -0.1) is 0 Å². The lowest BCUT2D eigenvalue weighted by Crippen LogP contribution is -2.20. The van der Waals surface area contributed by atoms with Gasteiger partial charge in [-0.3, -0.25) is 0 Å². The predicted octanol–water partition coefficient (Wildman–Crippen LogP) is 3.16. The molecule has 1 nitrogen and oxygen atoms in total. The molecule has 1 aromatic rings. The summed E-state index contributed by atoms with van der Waals surface area (Å²) < 4.78 is 37.9. The van der Waals surface area contributed by atoms with Crippen LogP contribution in [0, 0.1) is 11.3 Å². The van der Waals surface area contributed by atoms with Gasteiger partial charge in [-0.2, -0.15) is 13.2 Å². The van der Waals surface area contributed by atoms with Crippen molar-refractivity contribution in [1.29, 1.82) is 0 Å². The van der Waals surface area contributed by atoms with Crippen molar-refractivity contribution in [3.8, 4) is 0 Å². The molecule has 2 aliphatic carbocycles. The number of rotatable bonds is 1. The second kappa shape index (κ2) is 3.73. The monoisotopic (exact) mass is 255 g/mol. The summed E-state index contributed by atoms with van der Waals surface area (Å²) in [5, 5.41) is 0. The Bertz CT molecular complexity index is 480. The van der Waals surface area contributed by atoms with Crippen molar-refractivity contribution in [3.05, 3.63) is 34.9 Å². The van der Waals surface area contributed by atoms with Crippen molar-refractivity contribution in [1.82, 2.24) is 0 Å². The number of fused-ring (bicyclic) bond motifs is 1. The van der Waals surface area contributed by atoms with Gasteiger partial charge < -0.3 is 5.73 Å². The molecule has 0 aliphatic heterocycles. The Balaban J connectivity index is 1.87. The fraction of sp³-hybridized carbons (Fsp3) is 0.571. The van der Waals surface area contributed by atoms with Gasteiger partial charge in [-0.05, 0) is 66.8 Å². The Morgan fingerprint density at radius 2 is 2.06 bits per heavy atom. The van der Waals surface area contributed by atoms with E-state index in [1.807, 2.05) is 0 Å². The molecule has 3 rings (SSSR count). The Morgan fingerprint density at radius 1 is 1.28 bits per heavy atom. The van der Waals surface area contributed by atoms with Crippen LogP contribution in [0.3, 0.4) is 0 Å². The first-order valence-corrected chi connectivity index (χ1v) is 6.34. The summed E-state index contributed by atoms with van der Waals surface area (Å²) in [5.74, 6) is 0.577. The number of hydrogen-bond acceptors (Lipinski definition) is 1. The molecule has 18 heavy (non-hydrogen) atoms. The molecule has 0 saturated heterocycles. The Hall–Kier alpha value is -1.03. The van der Waals surface area contributed by atoms with Crippen LogP contribution in [0.2, 0.25) is 0 Å². The molecule has 2 N–H and O–H groups in total. The van der Waals surface area contributed by atoms with Crippen LogP contribution in [0.4, 0.5) is 13.2 Å². The van der Waals surface area contributed by atoms with Crippen LogP contribution < -0.4 is 5.73 Å². The lowest BCUT2D eigenvalue weighted by atomic mass is 9.79. The summed E-state index contributed by atoms with van der Waals surface area (Å²) in [7, 11) is 0. The molecule has 1 saturated carbocycles. The summed E-state index contributed by atoms with van der Waals surface area (Å²) >= 11 is 0. The molecule has 2 unspecified atom stereocenters. The van der Waals surface area contributed by atoms with Gasteiger partial charge >= 0.3 is 6.18 Å². The summed E-state index contributed by atoms with van der Waals surface area (Å²) in [4.78, 5) is 0. The summed E-state index contributed by atoms with van der Waals surface area (Å²) in [6.07, 6.45) is -0.436. The van der Waals surface area contributed by atoms with Crippen molar-refractivity contribution >= 4 is 0 Å². The van der Waals surface area contributed by atoms with E-state index < -0.39 is 11.7 Å². The van der Waals surface area contributed by atoms with E-state index in [4.69, 9.17) is 5.73 Å². The highest BCUT2D eigenvalue weighted by Gasteiger charge is 2.53. The zero-order chi connectivity index (χ0) is 13.0. The van der Waals surface area contributed by atoms with E-state index in [0.717, 1.165) is 36.8 Å². The molecule has 2 aliphatic rings. The van der Waals surface area contributed by atoms with Gasteiger partial charge in [0.25, 0.3) is 0 Å². The quantitative estimate of drug-likeness (QED) is 0.819. The van der Waals surface area contributed by atoms with E-state index in [9.17, 15) is 13.2 Å². The number of aryl methyl sites for hydroxylation is 1. The molecular weight excluding hydrogens is 239 g/mol. The molecule has 4 heteroatoms. The molecule has 1 spiro atoms. The fourth-order valence-corrected chi connectivity index (χ4v) is 3.35. The number of alkyl halides is 3. The van der Waals surface area contributed by atoms with E-state index in [2.05, 4.69) is 0 Å². The highest BCUT2D eigenvalue weighted by Crippen LogP contribution is 2.59. The molecule has 2 atom stereocenters. The third kappa shape index (κ3) is 1.83. The molecule has 0 aromatic heterocycles. The maximum atomic E-state index is 12.6. The Labute approximate surface area is 104 Å². The van der Waals surface area contributed by atoms with Crippen LogP contribution in [0.1, 0.15) is 29.5 Å². The van der Waals surface area contributed by atoms with Crippen LogP contribution in [-0.4, -0.2) is 6.54 Å². The SMILES string of the molecule is NCC1CC12CCc1cc(C(F)(F)F)ccc1C2. The highest BCUT2D eigenvalue weighted by atomic mass is 19.4. The lowest BCUT2D eigenvalue weighted by Gasteiger charge is -2.26. The van der Waals surface area contributed by atoms with Gasteiger partial charge in [0.15, 0.2) is 0 Å². The van der Waals surface area contributed by atoms with Crippen LogP contribution in [-0.2, 0) is 19.0 Å². The zero-order valence-electron chi connectivity index (χ0n) is 10.1. The van der Waals surface area contributed by atoms with Crippen LogP contribution in [0.5, 0.6) is 0 Å². The third-order valence-corrected chi connectivity index (χ3v) is 4.61. The van der Waals surface area contributed by atoms with Gasteiger partial charge in [0, 0.05) is 0 Å². The average molecular weight is 255 g/mol. The summed E-state index contributed by atoms with van der Waals surface area (Å²) in [5.41, 5.74) is 7.44. The Morgan fingerprint density at radius 3 is 2.67 bits per heavy atom. The first kappa shape index (κ1) is 12.0. The topological polar surface area (TPSA) is 26.0 Å². The first-order valence-electron chi connectivity index (χ1n) is 6.34. The van der Waals surface area contributed by atoms with E-state index in [0.29, 0.717) is 17.9 Å². The molecular formula is C14H16F3N. The first-order chi connectivity index (χ1) is 8.44. The number of hydrogen-bond donors (Lipinski definition) is 1. The minimum Gasteiger partial charge on any atom is -0.330 e. The van der Waals surface area contributed by atoms with Crippen LogP contribution >= 0.6 is 0 Å². The molecule has 1 fully saturated rings. The van der Waals surface area contributed by atoms with E-state index >= 15 is 0 Å². The number of benzene rings is 1. The average Bonchev–Trinajstić information content (AvgIpc) is 3.00. The van der Waals surface area contributed by atoms with Crippen molar-refractivity contribution in [2.75, 3.05) is 6.54 Å². The molecule has 0 heterocycles. The molecule has 1 aromatic carbocycles. The van der Waals surface area contributed by atoms with E-state index in [1.54, 1.807) is 6.07 Å². The zero-order valence-corrected chi connectivity index (χ0v) is 10.1. The van der Waals surface area contributed by atoms with Crippen LogP contribution in [0.15, 0.2) is 18.2 Å². The largest absolute Gasteiger partial charge is 0.416 e. The van der Waals surface area contributed by atoms with Gasteiger partial charge in [-0.1, -0.05) is 6.07 Å². The van der Waals surface area contributed by atoms with Crippen molar-refractivity contribution in [2.24, 2.45) is 17.1 Å². The number of nitrogens with two attached hydrogens (primary N) is 1. The highest BCUT2D eigenvalue weighted by molar-refractivity contribution is 5.37. The standard InChI is InChI=1S/C14H16F3N/c15-14(16,17)11-2-1-10-6-13(7-12(13)8-18)4-3-9(10)5-11/h1-2,5,12H,3-4,6-8,18H2. The van der Waals surface area contributed by atoms with E-state index in [-0.39, 0.29) is 0 Å². The molecule has 0 radical (unpaired) electrons. The van der Waals surface area contributed by atoms with Crippen molar-refractivity contribution in [2.45, 2.75) is 31.9 Å². The third-order valence-electron chi connectivity index (χ3n) is 4.61. The second-order valence-corrected chi connectivity index (χ2v) is 5.66. The summed E-state index contributed by atoms with van der Waals surface area (Å²) in [6, 6.07) is 4.19.